The normalized spacial score (nSPS) is 17.5. The predicted octanol–water partition coefficient (Wildman–Crippen LogP) is 3.64. The molecule has 1 aliphatic rings. The monoisotopic (exact) mass is 309 g/mol. The Balaban J connectivity index is 2.38. The lowest BCUT2D eigenvalue weighted by atomic mass is 9.88. The number of esters is 1. The van der Waals surface area contributed by atoms with Crippen molar-refractivity contribution < 1.29 is 14.3 Å². The minimum Gasteiger partial charge on any atom is -0.462 e. The molecule has 1 heterocycles. The maximum absolute atomic E-state index is 12.3. The van der Waals surface area contributed by atoms with Crippen molar-refractivity contribution in [1.82, 2.24) is 0 Å². The summed E-state index contributed by atoms with van der Waals surface area (Å²) in [7, 11) is 0. The lowest BCUT2D eigenvalue weighted by molar-refractivity contribution is -0.118. The SMILES string of the molecule is CCOC(=O)c1c(NC(=O)C(C)C)sc2c1CCC(C)C2. The van der Waals surface area contributed by atoms with E-state index >= 15 is 0 Å². The number of amides is 1. The van der Waals surface area contributed by atoms with Gasteiger partial charge in [-0.05, 0) is 37.7 Å². The van der Waals surface area contributed by atoms with E-state index in [1.807, 2.05) is 13.8 Å². The van der Waals surface area contributed by atoms with Crippen molar-refractivity contribution in [3.8, 4) is 0 Å². The number of fused-ring (bicyclic) bond motifs is 1. The molecule has 0 spiro atoms. The van der Waals surface area contributed by atoms with Crippen molar-refractivity contribution in [3.63, 3.8) is 0 Å². The molecule has 0 fully saturated rings. The van der Waals surface area contributed by atoms with Gasteiger partial charge >= 0.3 is 5.97 Å². The number of hydrogen-bond acceptors (Lipinski definition) is 4. The molecule has 1 aromatic heterocycles. The van der Waals surface area contributed by atoms with E-state index in [1.165, 1.54) is 16.2 Å². The molecule has 1 unspecified atom stereocenters. The Morgan fingerprint density at radius 3 is 2.76 bits per heavy atom. The average Bonchev–Trinajstić information content (AvgIpc) is 2.75. The zero-order valence-corrected chi connectivity index (χ0v) is 13.9. The van der Waals surface area contributed by atoms with Gasteiger partial charge in [-0.2, -0.15) is 0 Å². The Bertz CT molecular complexity index is 548. The quantitative estimate of drug-likeness (QED) is 0.864. The Labute approximate surface area is 129 Å². The fourth-order valence-electron chi connectivity index (χ4n) is 2.51. The summed E-state index contributed by atoms with van der Waals surface area (Å²) in [5, 5.41) is 3.56. The molecule has 0 aliphatic heterocycles. The molecular formula is C16H23NO3S. The third kappa shape index (κ3) is 3.46. The van der Waals surface area contributed by atoms with Crippen LogP contribution in [-0.4, -0.2) is 18.5 Å². The molecule has 0 radical (unpaired) electrons. The number of hydrogen-bond donors (Lipinski definition) is 1. The second-order valence-corrected chi connectivity index (χ2v) is 7.03. The third-order valence-corrected chi connectivity index (χ3v) is 4.92. The number of ether oxygens (including phenoxy) is 1. The standard InChI is InChI=1S/C16H23NO3S/c1-5-20-16(19)13-11-7-6-10(4)8-12(11)21-15(13)17-14(18)9(2)3/h9-10H,5-8H2,1-4H3,(H,17,18). The first-order valence-electron chi connectivity index (χ1n) is 7.56. The van der Waals surface area contributed by atoms with Gasteiger partial charge in [0, 0.05) is 10.8 Å². The van der Waals surface area contributed by atoms with Gasteiger partial charge in [0.05, 0.1) is 12.2 Å². The van der Waals surface area contributed by atoms with E-state index in [-0.39, 0.29) is 17.8 Å². The molecule has 2 rings (SSSR count). The largest absolute Gasteiger partial charge is 0.462 e. The van der Waals surface area contributed by atoms with E-state index in [4.69, 9.17) is 4.74 Å². The minimum atomic E-state index is -0.316. The molecule has 0 bridgehead atoms. The van der Waals surface area contributed by atoms with E-state index < -0.39 is 0 Å². The summed E-state index contributed by atoms with van der Waals surface area (Å²) < 4.78 is 5.18. The summed E-state index contributed by atoms with van der Waals surface area (Å²) >= 11 is 1.53. The molecular weight excluding hydrogens is 286 g/mol. The highest BCUT2D eigenvalue weighted by atomic mass is 32.1. The molecule has 0 aromatic carbocycles. The third-order valence-electron chi connectivity index (χ3n) is 3.75. The Morgan fingerprint density at radius 1 is 1.43 bits per heavy atom. The van der Waals surface area contributed by atoms with Crippen LogP contribution in [0.5, 0.6) is 0 Å². The molecule has 21 heavy (non-hydrogen) atoms. The molecule has 116 valence electrons. The number of carbonyl (C=O) groups is 2. The molecule has 0 saturated carbocycles. The number of carbonyl (C=O) groups excluding carboxylic acids is 2. The first-order valence-corrected chi connectivity index (χ1v) is 8.38. The van der Waals surface area contributed by atoms with Crippen molar-refractivity contribution in [1.29, 1.82) is 0 Å². The predicted molar refractivity (Wildman–Crippen MR) is 84.9 cm³/mol. The smallest absolute Gasteiger partial charge is 0.341 e. The fourth-order valence-corrected chi connectivity index (χ4v) is 3.92. The van der Waals surface area contributed by atoms with Gasteiger partial charge < -0.3 is 10.1 Å². The van der Waals surface area contributed by atoms with Crippen LogP contribution < -0.4 is 5.32 Å². The van der Waals surface area contributed by atoms with E-state index in [9.17, 15) is 9.59 Å². The topological polar surface area (TPSA) is 55.4 Å². The van der Waals surface area contributed by atoms with Gasteiger partial charge in [0.1, 0.15) is 5.00 Å². The lowest BCUT2D eigenvalue weighted by Crippen LogP contribution is -2.19. The van der Waals surface area contributed by atoms with E-state index in [2.05, 4.69) is 12.2 Å². The van der Waals surface area contributed by atoms with Gasteiger partial charge in [0.25, 0.3) is 0 Å². The molecule has 5 heteroatoms. The van der Waals surface area contributed by atoms with Crippen molar-refractivity contribution in [3.05, 3.63) is 16.0 Å². The number of anilines is 1. The highest BCUT2D eigenvalue weighted by molar-refractivity contribution is 7.17. The molecule has 4 nitrogen and oxygen atoms in total. The van der Waals surface area contributed by atoms with Crippen molar-refractivity contribution in [2.24, 2.45) is 11.8 Å². The highest BCUT2D eigenvalue weighted by Crippen LogP contribution is 2.40. The second kappa shape index (κ2) is 6.60. The lowest BCUT2D eigenvalue weighted by Gasteiger charge is -2.18. The zero-order valence-electron chi connectivity index (χ0n) is 13.1. The summed E-state index contributed by atoms with van der Waals surface area (Å²) in [6, 6.07) is 0. The zero-order chi connectivity index (χ0) is 15.6. The van der Waals surface area contributed by atoms with Crippen LogP contribution in [0.2, 0.25) is 0 Å². The van der Waals surface area contributed by atoms with Gasteiger partial charge in [-0.1, -0.05) is 20.8 Å². The van der Waals surface area contributed by atoms with Crippen LogP contribution in [0.15, 0.2) is 0 Å². The van der Waals surface area contributed by atoms with E-state index in [1.54, 1.807) is 6.92 Å². The maximum atomic E-state index is 12.3. The maximum Gasteiger partial charge on any atom is 0.341 e. The van der Waals surface area contributed by atoms with E-state index in [0.29, 0.717) is 23.1 Å². The van der Waals surface area contributed by atoms with Gasteiger partial charge in [-0.15, -0.1) is 11.3 Å². The Kier molecular flexibility index (Phi) is 5.04. The fraction of sp³-hybridized carbons (Fsp3) is 0.625. The van der Waals surface area contributed by atoms with Crippen LogP contribution in [0.1, 0.15) is 54.9 Å². The van der Waals surface area contributed by atoms with Crippen LogP contribution in [0.25, 0.3) is 0 Å². The van der Waals surface area contributed by atoms with Crippen molar-refractivity contribution in [2.45, 2.75) is 47.0 Å². The summed E-state index contributed by atoms with van der Waals surface area (Å²) in [5.41, 5.74) is 1.66. The summed E-state index contributed by atoms with van der Waals surface area (Å²) in [6.07, 6.45) is 2.94. The number of rotatable bonds is 4. The molecule has 1 aromatic rings. The minimum absolute atomic E-state index is 0.0628. The van der Waals surface area contributed by atoms with Crippen LogP contribution >= 0.6 is 11.3 Å². The van der Waals surface area contributed by atoms with Crippen LogP contribution in [-0.2, 0) is 22.4 Å². The van der Waals surface area contributed by atoms with Gasteiger partial charge in [0.2, 0.25) is 5.91 Å². The van der Waals surface area contributed by atoms with Crippen molar-refractivity contribution in [2.75, 3.05) is 11.9 Å². The van der Waals surface area contributed by atoms with E-state index in [0.717, 1.165) is 24.8 Å². The first kappa shape index (κ1) is 16.0. The van der Waals surface area contributed by atoms with Crippen molar-refractivity contribution >= 4 is 28.2 Å². The molecule has 1 aliphatic carbocycles. The summed E-state index contributed by atoms with van der Waals surface area (Å²) in [4.78, 5) is 25.4. The van der Waals surface area contributed by atoms with Crippen LogP contribution in [0, 0.1) is 11.8 Å². The Morgan fingerprint density at radius 2 is 2.14 bits per heavy atom. The molecule has 1 atom stereocenters. The van der Waals surface area contributed by atoms with Crippen LogP contribution in [0.4, 0.5) is 5.00 Å². The summed E-state index contributed by atoms with van der Waals surface area (Å²) in [5.74, 6) is 0.133. The number of nitrogens with one attached hydrogen (secondary N) is 1. The molecule has 1 N–H and O–H groups in total. The Hall–Kier alpha value is -1.36. The number of thiophene rings is 1. The molecule has 1 amide bonds. The average molecular weight is 309 g/mol. The summed E-state index contributed by atoms with van der Waals surface area (Å²) in [6.45, 7) is 8.05. The first-order chi connectivity index (χ1) is 9.93. The molecule has 0 saturated heterocycles. The van der Waals surface area contributed by atoms with Gasteiger partial charge in [-0.3, -0.25) is 4.79 Å². The van der Waals surface area contributed by atoms with Crippen LogP contribution in [0.3, 0.4) is 0 Å². The van der Waals surface area contributed by atoms with Gasteiger partial charge in [0.15, 0.2) is 0 Å². The second-order valence-electron chi connectivity index (χ2n) is 5.92. The highest BCUT2D eigenvalue weighted by Gasteiger charge is 2.29. The van der Waals surface area contributed by atoms with Gasteiger partial charge in [-0.25, -0.2) is 4.79 Å².